The van der Waals surface area contributed by atoms with E-state index in [0.717, 1.165) is 28.5 Å². The van der Waals surface area contributed by atoms with E-state index in [1.165, 1.54) is 22.9 Å². The fraction of sp³-hybridized carbons (Fsp3) is 0.217. The molecule has 4 aromatic rings. The van der Waals surface area contributed by atoms with Gasteiger partial charge in [0.25, 0.3) is 5.78 Å². The number of rotatable bonds is 4. The van der Waals surface area contributed by atoms with Gasteiger partial charge in [-0.25, -0.2) is 9.50 Å². The lowest BCUT2D eigenvalue weighted by molar-refractivity contribution is 0.0962. The largest absolute Gasteiger partial charge is 0.294 e. The van der Waals surface area contributed by atoms with Crippen LogP contribution in [0.15, 0.2) is 59.9 Å². The number of carbonyl (C=O) groups is 1. The van der Waals surface area contributed by atoms with Gasteiger partial charge < -0.3 is 0 Å². The molecule has 150 valence electrons. The zero-order valence-electron chi connectivity index (χ0n) is 16.4. The number of hydrogen-bond acceptors (Lipinski definition) is 5. The number of fused-ring (bicyclic) bond motifs is 2. The van der Waals surface area contributed by atoms with Crippen LogP contribution in [0.3, 0.4) is 0 Å². The van der Waals surface area contributed by atoms with Crippen LogP contribution < -0.4 is 0 Å². The van der Waals surface area contributed by atoms with Gasteiger partial charge in [-0.1, -0.05) is 65.3 Å². The van der Waals surface area contributed by atoms with E-state index >= 15 is 0 Å². The Bertz CT molecular complexity index is 1230. The Balaban J connectivity index is 1.39. The lowest BCUT2D eigenvalue weighted by Crippen LogP contribution is -2.21. The van der Waals surface area contributed by atoms with Crippen LogP contribution >= 0.6 is 23.4 Å². The van der Waals surface area contributed by atoms with Gasteiger partial charge in [-0.2, -0.15) is 4.98 Å². The molecule has 5 nitrogen and oxygen atoms in total. The Labute approximate surface area is 183 Å². The van der Waals surface area contributed by atoms with Crippen LogP contribution in [0.5, 0.6) is 0 Å². The minimum Gasteiger partial charge on any atom is -0.294 e. The number of nitrogens with zero attached hydrogens (tertiary/aromatic N) is 4. The first-order valence-electron chi connectivity index (χ1n) is 9.78. The standard InChI is InChI=1S/C23H19ClN4OS/c1-14-2-6-16(7-3-14)17-10-20-19(21(29)11-17)12-28-22(25-20)26-23(27-28)30-13-15-4-8-18(24)9-5-15/h2-9,12,17H,10-11,13H2,1H3/t17-/m0/s1. The third-order valence-corrected chi connectivity index (χ3v) is 6.55. The molecule has 0 bridgehead atoms. The van der Waals surface area contributed by atoms with Gasteiger partial charge >= 0.3 is 0 Å². The SMILES string of the molecule is Cc1ccc([C@@H]2CC(=O)c3cn4nc(SCc5ccc(Cl)cc5)nc4nc3C2)cc1. The second-order valence-electron chi connectivity index (χ2n) is 7.59. The summed E-state index contributed by atoms with van der Waals surface area (Å²) in [6.45, 7) is 2.07. The topological polar surface area (TPSA) is 60.2 Å². The lowest BCUT2D eigenvalue weighted by atomic mass is 9.82. The van der Waals surface area contributed by atoms with Crippen LogP contribution in [0.4, 0.5) is 0 Å². The van der Waals surface area contributed by atoms with Gasteiger partial charge in [0.1, 0.15) is 0 Å². The van der Waals surface area contributed by atoms with Gasteiger partial charge in [0.05, 0.1) is 11.3 Å². The number of aromatic nitrogens is 4. The van der Waals surface area contributed by atoms with Crippen molar-refractivity contribution in [3.63, 3.8) is 0 Å². The molecule has 2 heterocycles. The van der Waals surface area contributed by atoms with Gasteiger partial charge in [-0.05, 0) is 42.5 Å². The maximum Gasteiger partial charge on any atom is 0.253 e. The molecule has 0 aliphatic heterocycles. The molecule has 2 aromatic heterocycles. The van der Waals surface area contributed by atoms with Crippen molar-refractivity contribution in [1.29, 1.82) is 0 Å². The number of thioether (sulfide) groups is 1. The molecule has 1 atom stereocenters. The highest BCUT2D eigenvalue weighted by Gasteiger charge is 2.28. The zero-order chi connectivity index (χ0) is 20.7. The molecule has 0 saturated heterocycles. The predicted molar refractivity (Wildman–Crippen MR) is 118 cm³/mol. The molecule has 0 N–H and O–H groups in total. The van der Waals surface area contributed by atoms with E-state index in [1.807, 2.05) is 24.3 Å². The first kappa shape index (κ1) is 19.3. The summed E-state index contributed by atoms with van der Waals surface area (Å²) in [4.78, 5) is 22.0. The summed E-state index contributed by atoms with van der Waals surface area (Å²) in [7, 11) is 0. The smallest absolute Gasteiger partial charge is 0.253 e. The van der Waals surface area contributed by atoms with Crippen LogP contribution in [0.25, 0.3) is 5.78 Å². The summed E-state index contributed by atoms with van der Waals surface area (Å²) >= 11 is 7.48. The van der Waals surface area contributed by atoms with Crippen molar-refractivity contribution in [2.24, 2.45) is 0 Å². The monoisotopic (exact) mass is 434 g/mol. The van der Waals surface area contributed by atoms with Gasteiger partial charge in [-0.3, -0.25) is 4.79 Å². The van der Waals surface area contributed by atoms with Crippen molar-refractivity contribution in [3.8, 4) is 0 Å². The Morgan fingerprint density at radius 3 is 2.60 bits per heavy atom. The van der Waals surface area contributed by atoms with Crippen molar-refractivity contribution in [2.75, 3.05) is 0 Å². The predicted octanol–water partition coefficient (Wildman–Crippen LogP) is 5.29. The summed E-state index contributed by atoms with van der Waals surface area (Å²) in [5, 5.41) is 5.86. The molecular formula is C23H19ClN4OS. The fourth-order valence-corrected chi connectivity index (χ4v) is 4.63. The fourth-order valence-electron chi connectivity index (χ4n) is 3.73. The van der Waals surface area contributed by atoms with Crippen molar-refractivity contribution in [2.45, 2.75) is 36.6 Å². The Morgan fingerprint density at radius 2 is 1.83 bits per heavy atom. The first-order chi connectivity index (χ1) is 14.5. The molecule has 5 rings (SSSR count). The molecule has 0 fully saturated rings. The number of hydrogen-bond donors (Lipinski definition) is 0. The van der Waals surface area contributed by atoms with Gasteiger partial charge in [-0.15, -0.1) is 5.10 Å². The molecule has 7 heteroatoms. The molecule has 0 saturated carbocycles. The third-order valence-electron chi connectivity index (χ3n) is 5.39. The molecule has 30 heavy (non-hydrogen) atoms. The highest BCUT2D eigenvalue weighted by atomic mass is 35.5. The van der Waals surface area contributed by atoms with Gasteiger partial charge in [0, 0.05) is 23.4 Å². The third kappa shape index (κ3) is 3.85. The second kappa shape index (κ2) is 7.85. The van der Waals surface area contributed by atoms with Crippen molar-refractivity contribution >= 4 is 34.9 Å². The molecule has 2 aromatic carbocycles. The first-order valence-corrected chi connectivity index (χ1v) is 11.1. The average Bonchev–Trinajstić information content (AvgIpc) is 3.14. The maximum absolute atomic E-state index is 12.8. The molecule has 0 amide bonds. The number of aryl methyl sites for hydroxylation is 1. The Hall–Kier alpha value is -2.70. The molecule has 0 radical (unpaired) electrons. The highest BCUT2D eigenvalue weighted by molar-refractivity contribution is 7.98. The second-order valence-corrected chi connectivity index (χ2v) is 8.97. The van der Waals surface area contributed by atoms with Crippen LogP contribution in [0.1, 0.15) is 45.1 Å². The van der Waals surface area contributed by atoms with E-state index in [-0.39, 0.29) is 11.7 Å². The number of halogens is 1. The van der Waals surface area contributed by atoms with E-state index in [0.29, 0.717) is 22.9 Å². The zero-order valence-corrected chi connectivity index (χ0v) is 18.0. The molecule has 0 unspecified atom stereocenters. The quantitative estimate of drug-likeness (QED) is 0.408. The van der Waals surface area contributed by atoms with Crippen molar-refractivity contribution in [1.82, 2.24) is 19.6 Å². The van der Waals surface area contributed by atoms with Crippen LogP contribution in [-0.2, 0) is 12.2 Å². The van der Waals surface area contributed by atoms with Gasteiger partial charge in [0.15, 0.2) is 5.78 Å². The van der Waals surface area contributed by atoms with E-state index in [4.69, 9.17) is 11.6 Å². The molecular weight excluding hydrogens is 416 g/mol. The van der Waals surface area contributed by atoms with E-state index in [1.54, 1.807) is 10.7 Å². The number of ketones is 1. The van der Waals surface area contributed by atoms with Crippen LogP contribution in [0.2, 0.25) is 5.02 Å². The minimum atomic E-state index is 0.113. The number of Topliss-reactive ketones (excluding diaryl/α,β-unsaturated/α-hetero) is 1. The van der Waals surface area contributed by atoms with Crippen molar-refractivity contribution < 1.29 is 4.79 Å². The van der Waals surface area contributed by atoms with Crippen LogP contribution in [0, 0.1) is 6.92 Å². The minimum absolute atomic E-state index is 0.113. The summed E-state index contributed by atoms with van der Waals surface area (Å²) in [5.74, 6) is 1.54. The number of carbonyl (C=O) groups excluding carboxylic acids is 1. The van der Waals surface area contributed by atoms with E-state index < -0.39 is 0 Å². The summed E-state index contributed by atoms with van der Waals surface area (Å²) in [5.41, 5.74) is 5.01. The summed E-state index contributed by atoms with van der Waals surface area (Å²) in [6.07, 6.45) is 3.02. The average molecular weight is 435 g/mol. The lowest BCUT2D eigenvalue weighted by Gasteiger charge is -2.23. The molecule has 0 spiro atoms. The summed E-state index contributed by atoms with van der Waals surface area (Å²) < 4.78 is 1.62. The van der Waals surface area contributed by atoms with E-state index in [9.17, 15) is 4.79 Å². The highest BCUT2D eigenvalue weighted by Crippen LogP contribution is 2.32. The molecule has 1 aliphatic carbocycles. The normalized spacial score (nSPS) is 16.1. The maximum atomic E-state index is 12.8. The van der Waals surface area contributed by atoms with Gasteiger partial charge in [0.2, 0.25) is 5.16 Å². The molecule has 1 aliphatic rings. The Morgan fingerprint density at radius 1 is 1.07 bits per heavy atom. The van der Waals surface area contributed by atoms with Crippen molar-refractivity contribution in [3.05, 3.63) is 87.7 Å². The number of benzene rings is 2. The van der Waals surface area contributed by atoms with E-state index in [2.05, 4.69) is 46.3 Å². The Kier molecular flexibility index (Phi) is 5.05. The van der Waals surface area contributed by atoms with Crippen LogP contribution in [-0.4, -0.2) is 25.4 Å². The summed E-state index contributed by atoms with van der Waals surface area (Å²) in [6, 6.07) is 16.1.